The van der Waals surface area contributed by atoms with E-state index in [0.29, 0.717) is 17.1 Å². The molecule has 0 unspecified atom stereocenters. The summed E-state index contributed by atoms with van der Waals surface area (Å²) in [5.74, 6) is 0.948. The van der Waals surface area contributed by atoms with Gasteiger partial charge in [-0.25, -0.2) is 0 Å². The number of rotatable bonds is 2. The van der Waals surface area contributed by atoms with Crippen molar-refractivity contribution in [1.82, 2.24) is 0 Å². The molecular weight excluding hydrogens is 314 g/mol. The van der Waals surface area contributed by atoms with Gasteiger partial charge >= 0.3 is 0 Å². The van der Waals surface area contributed by atoms with Crippen LogP contribution in [-0.2, 0) is 0 Å². The third-order valence-electron chi connectivity index (χ3n) is 1.66. The summed E-state index contributed by atoms with van der Waals surface area (Å²) in [5, 5.41) is 8.86. The Balaban J connectivity index is 3.52. The molecule has 0 N–H and O–H groups in total. The second-order valence-corrected chi connectivity index (χ2v) is 4.05. The van der Waals surface area contributed by atoms with E-state index in [4.69, 9.17) is 14.7 Å². The SMILES string of the molecule is COc1c(C#N)cc(Br)c(Br)c1OC. The molecule has 0 atom stereocenters. The molecule has 0 spiro atoms. The topological polar surface area (TPSA) is 42.2 Å². The highest BCUT2D eigenvalue weighted by molar-refractivity contribution is 9.13. The summed E-state index contributed by atoms with van der Waals surface area (Å²) < 4.78 is 11.7. The van der Waals surface area contributed by atoms with Gasteiger partial charge in [-0.2, -0.15) is 5.26 Å². The van der Waals surface area contributed by atoms with E-state index in [0.717, 1.165) is 8.95 Å². The Hall–Kier alpha value is -0.730. The molecule has 14 heavy (non-hydrogen) atoms. The van der Waals surface area contributed by atoms with Crippen LogP contribution in [0.1, 0.15) is 5.56 Å². The number of ether oxygens (including phenoxy) is 2. The van der Waals surface area contributed by atoms with E-state index in [1.54, 1.807) is 6.07 Å². The van der Waals surface area contributed by atoms with Gasteiger partial charge in [-0.3, -0.25) is 0 Å². The first-order valence-electron chi connectivity index (χ1n) is 3.65. The molecule has 0 saturated heterocycles. The highest BCUT2D eigenvalue weighted by Crippen LogP contribution is 2.42. The lowest BCUT2D eigenvalue weighted by Gasteiger charge is -2.11. The first-order valence-corrected chi connectivity index (χ1v) is 5.24. The minimum atomic E-state index is 0.430. The van der Waals surface area contributed by atoms with E-state index in [1.165, 1.54) is 14.2 Å². The van der Waals surface area contributed by atoms with Crippen LogP contribution in [0.3, 0.4) is 0 Å². The molecule has 0 saturated carbocycles. The Morgan fingerprint density at radius 2 is 1.79 bits per heavy atom. The van der Waals surface area contributed by atoms with Crippen LogP contribution in [0, 0.1) is 11.3 Å². The number of benzene rings is 1. The fourth-order valence-corrected chi connectivity index (χ4v) is 1.92. The fraction of sp³-hybridized carbons (Fsp3) is 0.222. The lowest BCUT2D eigenvalue weighted by atomic mass is 10.2. The van der Waals surface area contributed by atoms with Crippen molar-refractivity contribution in [1.29, 1.82) is 5.26 Å². The van der Waals surface area contributed by atoms with Crippen LogP contribution < -0.4 is 9.47 Å². The number of halogens is 2. The van der Waals surface area contributed by atoms with Crippen molar-refractivity contribution in [3.8, 4) is 17.6 Å². The zero-order valence-electron chi connectivity index (χ0n) is 7.60. The summed E-state index contributed by atoms with van der Waals surface area (Å²) in [5.41, 5.74) is 0.430. The summed E-state index contributed by atoms with van der Waals surface area (Å²) in [6.45, 7) is 0. The van der Waals surface area contributed by atoms with Gasteiger partial charge in [0.1, 0.15) is 6.07 Å². The molecule has 0 bridgehead atoms. The second-order valence-electron chi connectivity index (χ2n) is 2.40. The fourth-order valence-electron chi connectivity index (χ4n) is 1.05. The van der Waals surface area contributed by atoms with Crippen LogP contribution in [-0.4, -0.2) is 14.2 Å². The van der Waals surface area contributed by atoms with Crippen LogP contribution >= 0.6 is 31.9 Å². The molecule has 0 radical (unpaired) electrons. The lowest BCUT2D eigenvalue weighted by Crippen LogP contribution is -1.95. The van der Waals surface area contributed by atoms with E-state index in [2.05, 4.69) is 31.9 Å². The van der Waals surface area contributed by atoms with E-state index in [1.807, 2.05) is 6.07 Å². The van der Waals surface area contributed by atoms with Gasteiger partial charge < -0.3 is 9.47 Å². The smallest absolute Gasteiger partial charge is 0.179 e. The minimum absolute atomic E-state index is 0.430. The number of nitriles is 1. The maximum Gasteiger partial charge on any atom is 0.179 e. The monoisotopic (exact) mass is 319 g/mol. The Morgan fingerprint density at radius 1 is 1.21 bits per heavy atom. The maximum atomic E-state index is 8.86. The molecule has 74 valence electrons. The van der Waals surface area contributed by atoms with Crippen molar-refractivity contribution in [3.63, 3.8) is 0 Å². The number of hydrogen-bond donors (Lipinski definition) is 0. The first kappa shape index (κ1) is 11.3. The van der Waals surface area contributed by atoms with E-state index < -0.39 is 0 Å². The van der Waals surface area contributed by atoms with E-state index in [-0.39, 0.29) is 0 Å². The van der Waals surface area contributed by atoms with Crippen molar-refractivity contribution >= 4 is 31.9 Å². The van der Waals surface area contributed by atoms with Crippen molar-refractivity contribution in [2.45, 2.75) is 0 Å². The van der Waals surface area contributed by atoms with Gasteiger partial charge in [-0.15, -0.1) is 0 Å². The molecule has 5 heteroatoms. The average molecular weight is 321 g/mol. The minimum Gasteiger partial charge on any atom is -0.492 e. The Bertz CT molecular complexity index is 399. The van der Waals surface area contributed by atoms with Gasteiger partial charge in [0.2, 0.25) is 0 Å². The second kappa shape index (κ2) is 4.67. The Labute approximate surface area is 98.9 Å². The maximum absolute atomic E-state index is 8.86. The van der Waals surface area contributed by atoms with Gasteiger partial charge in [0.25, 0.3) is 0 Å². The average Bonchev–Trinajstić information content (AvgIpc) is 2.20. The molecule has 0 fully saturated rings. The van der Waals surface area contributed by atoms with E-state index >= 15 is 0 Å². The molecule has 0 aliphatic rings. The Kier molecular flexibility index (Phi) is 3.78. The van der Waals surface area contributed by atoms with Gasteiger partial charge in [-0.05, 0) is 37.9 Å². The third kappa shape index (κ3) is 1.86. The normalized spacial score (nSPS) is 9.36. The molecule has 0 heterocycles. The van der Waals surface area contributed by atoms with Crippen LogP contribution in [0.15, 0.2) is 15.0 Å². The molecule has 3 nitrogen and oxygen atoms in total. The van der Waals surface area contributed by atoms with E-state index in [9.17, 15) is 0 Å². The zero-order chi connectivity index (χ0) is 10.7. The van der Waals surface area contributed by atoms with Crippen LogP contribution in [0.2, 0.25) is 0 Å². The van der Waals surface area contributed by atoms with Crippen LogP contribution in [0.4, 0.5) is 0 Å². The molecular formula is C9H7Br2NO2. The largest absolute Gasteiger partial charge is 0.492 e. The predicted molar refractivity (Wildman–Crippen MR) is 59.7 cm³/mol. The van der Waals surface area contributed by atoms with Gasteiger partial charge in [0, 0.05) is 4.47 Å². The summed E-state index contributed by atoms with van der Waals surface area (Å²) >= 11 is 6.64. The van der Waals surface area contributed by atoms with Crippen molar-refractivity contribution in [2.24, 2.45) is 0 Å². The summed E-state index contributed by atoms with van der Waals surface area (Å²) in [6, 6.07) is 3.71. The number of hydrogen-bond acceptors (Lipinski definition) is 3. The quantitative estimate of drug-likeness (QED) is 0.841. The standard InChI is InChI=1S/C9H7Br2NO2/c1-13-8-5(4-12)3-6(10)7(11)9(8)14-2/h3H,1-2H3. The third-order valence-corrected chi connectivity index (χ3v) is 3.60. The van der Waals surface area contributed by atoms with Gasteiger partial charge in [0.05, 0.1) is 24.3 Å². The molecule has 0 aliphatic carbocycles. The lowest BCUT2D eigenvalue weighted by molar-refractivity contribution is 0.352. The van der Waals surface area contributed by atoms with Crippen LogP contribution in [0.25, 0.3) is 0 Å². The van der Waals surface area contributed by atoms with Crippen molar-refractivity contribution in [3.05, 3.63) is 20.6 Å². The zero-order valence-corrected chi connectivity index (χ0v) is 10.8. The van der Waals surface area contributed by atoms with Crippen molar-refractivity contribution < 1.29 is 9.47 Å². The summed E-state index contributed by atoms with van der Waals surface area (Å²) in [7, 11) is 3.02. The number of methoxy groups -OCH3 is 2. The molecule has 0 aliphatic heterocycles. The van der Waals surface area contributed by atoms with Gasteiger partial charge in [-0.1, -0.05) is 0 Å². The highest BCUT2D eigenvalue weighted by atomic mass is 79.9. The van der Waals surface area contributed by atoms with Crippen molar-refractivity contribution in [2.75, 3.05) is 14.2 Å². The Morgan fingerprint density at radius 3 is 2.21 bits per heavy atom. The highest BCUT2D eigenvalue weighted by Gasteiger charge is 2.16. The molecule has 1 aromatic rings. The number of nitrogens with zero attached hydrogens (tertiary/aromatic N) is 1. The first-order chi connectivity index (χ1) is 6.65. The molecule has 0 aromatic heterocycles. The predicted octanol–water partition coefficient (Wildman–Crippen LogP) is 3.10. The summed E-state index contributed by atoms with van der Waals surface area (Å²) in [6.07, 6.45) is 0. The molecule has 1 aromatic carbocycles. The molecule has 1 rings (SSSR count). The van der Waals surface area contributed by atoms with Gasteiger partial charge in [0.15, 0.2) is 11.5 Å². The van der Waals surface area contributed by atoms with Crippen LogP contribution in [0.5, 0.6) is 11.5 Å². The summed E-state index contributed by atoms with van der Waals surface area (Å²) in [4.78, 5) is 0. The molecule has 0 amide bonds.